The Morgan fingerprint density at radius 1 is 0.919 bits per heavy atom. The Morgan fingerprint density at radius 2 is 1.68 bits per heavy atom. The van der Waals surface area contributed by atoms with Crippen LogP contribution >= 0.6 is 0 Å². The van der Waals surface area contributed by atoms with Crippen LogP contribution in [0.3, 0.4) is 0 Å². The first-order valence-electron chi connectivity index (χ1n) is 11.9. The zero-order chi connectivity index (χ0) is 25.9. The number of fused-ring (bicyclic) bond motifs is 1. The van der Waals surface area contributed by atoms with Gasteiger partial charge in [-0.3, -0.25) is 5.41 Å². The number of ether oxygens (including phenoxy) is 1. The Bertz CT molecular complexity index is 1620. The van der Waals surface area contributed by atoms with E-state index in [1.54, 1.807) is 18.2 Å². The Kier molecular flexibility index (Phi) is 6.47. The minimum absolute atomic E-state index is 0.0337. The van der Waals surface area contributed by atoms with Gasteiger partial charge in [0, 0.05) is 29.2 Å². The van der Waals surface area contributed by atoms with Crippen LogP contribution in [-0.2, 0) is 13.0 Å². The number of methoxy groups -OCH3 is 1. The maximum Gasteiger partial charge on any atom is 0.336 e. The summed E-state index contributed by atoms with van der Waals surface area (Å²) < 4.78 is 7.44. The Labute approximate surface area is 215 Å². The molecule has 184 valence electrons. The molecule has 4 aromatic carbocycles. The average Bonchev–Trinajstić information content (AvgIpc) is 3.25. The molecule has 0 aliphatic carbocycles. The van der Waals surface area contributed by atoms with Crippen LogP contribution in [0.5, 0.6) is 5.75 Å². The average molecular weight is 490 g/mol. The summed E-state index contributed by atoms with van der Waals surface area (Å²) in [7, 11) is 1.52. The molecule has 4 N–H and O–H groups in total. The topological polar surface area (TPSA) is 101 Å². The molecule has 0 spiro atoms. The number of nitrogens with two attached hydrogens (primary N) is 1. The summed E-state index contributed by atoms with van der Waals surface area (Å²) in [6.07, 6.45) is 2.89. The minimum atomic E-state index is -1.00. The van der Waals surface area contributed by atoms with Crippen molar-refractivity contribution < 1.29 is 14.6 Å². The first-order chi connectivity index (χ1) is 17.9. The Balaban J connectivity index is 1.61. The Hall–Kier alpha value is -4.84. The molecule has 0 saturated heterocycles. The van der Waals surface area contributed by atoms with Crippen molar-refractivity contribution in [1.29, 1.82) is 5.41 Å². The number of benzene rings is 4. The number of carbonyl (C=O) groups is 1. The van der Waals surface area contributed by atoms with Crippen molar-refractivity contribution in [2.75, 3.05) is 7.11 Å². The summed E-state index contributed by atoms with van der Waals surface area (Å²) in [5, 5.41) is 18.9. The molecule has 0 saturated carbocycles. The molecule has 6 nitrogen and oxygen atoms in total. The predicted molar refractivity (Wildman–Crippen MR) is 147 cm³/mol. The first-order valence-corrected chi connectivity index (χ1v) is 11.9. The highest BCUT2D eigenvalue weighted by molar-refractivity contribution is 6.00. The summed E-state index contributed by atoms with van der Waals surface area (Å²) in [4.78, 5) is 12.1. The largest absolute Gasteiger partial charge is 0.497 e. The van der Waals surface area contributed by atoms with Gasteiger partial charge in [-0.25, -0.2) is 4.79 Å². The van der Waals surface area contributed by atoms with Gasteiger partial charge in [0.25, 0.3) is 0 Å². The smallest absolute Gasteiger partial charge is 0.336 e. The van der Waals surface area contributed by atoms with Crippen LogP contribution in [0.25, 0.3) is 22.0 Å². The van der Waals surface area contributed by atoms with E-state index in [0.29, 0.717) is 23.4 Å². The number of aromatic carboxylic acids is 1. The van der Waals surface area contributed by atoms with Crippen LogP contribution in [0.2, 0.25) is 0 Å². The third-order valence-electron chi connectivity index (χ3n) is 6.62. The molecule has 1 aromatic heterocycles. The fourth-order valence-electron chi connectivity index (χ4n) is 4.79. The van der Waals surface area contributed by atoms with Crippen LogP contribution in [0.1, 0.15) is 32.6 Å². The molecule has 0 aliphatic rings. The fraction of sp³-hybridized carbons (Fsp3) is 0.0968. The van der Waals surface area contributed by atoms with Gasteiger partial charge in [-0.05, 0) is 70.6 Å². The van der Waals surface area contributed by atoms with Crippen LogP contribution in [-0.4, -0.2) is 28.6 Å². The normalized spacial score (nSPS) is 10.9. The monoisotopic (exact) mass is 489 g/mol. The minimum Gasteiger partial charge on any atom is -0.497 e. The summed E-state index contributed by atoms with van der Waals surface area (Å²) in [5.41, 5.74) is 12.5. The van der Waals surface area contributed by atoms with Crippen molar-refractivity contribution in [2.45, 2.75) is 13.0 Å². The zero-order valence-corrected chi connectivity index (χ0v) is 20.4. The molecule has 0 aliphatic heterocycles. The van der Waals surface area contributed by atoms with E-state index >= 15 is 0 Å². The van der Waals surface area contributed by atoms with Crippen LogP contribution in [0, 0.1) is 5.41 Å². The lowest BCUT2D eigenvalue weighted by atomic mass is 9.95. The fourth-order valence-corrected chi connectivity index (χ4v) is 4.79. The maximum atomic E-state index is 12.1. The third-order valence-corrected chi connectivity index (χ3v) is 6.62. The highest BCUT2D eigenvalue weighted by atomic mass is 16.5. The SMILES string of the molecule is COc1ccc(-c2ccccc2Cn2cc(Cc3ccccc3)c3cc(C(=N)N)ccc32)c(C(=O)O)c1. The van der Waals surface area contributed by atoms with Gasteiger partial charge in [0.05, 0.1) is 12.7 Å². The van der Waals surface area contributed by atoms with Crippen molar-refractivity contribution in [3.63, 3.8) is 0 Å². The molecule has 0 unspecified atom stereocenters. The van der Waals surface area contributed by atoms with E-state index in [1.807, 2.05) is 60.7 Å². The van der Waals surface area contributed by atoms with Gasteiger partial charge in [0.15, 0.2) is 0 Å². The molecule has 6 heteroatoms. The summed E-state index contributed by atoms with van der Waals surface area (Å²) in [6, 6.07) is 29.1. The van der Waals surface area contributed by atoms with Gasteiger partial charge in [0.1, 0.15) is 11.6 Å². The molecule has 0 atom stereocenters. The molecule has 0 amide bonds. The number of nitrogens with one attached hydrogen (secondary N) is 1. The number of rotatable bonds is 8. The number of nitrogen functional groups attached to an aromatic ring is 1. The molecule has 0 fully saturated rings. The molecule has 37 heavy (non-hydrogen) atoms. The van der Waals surface area contributed by atoms with Crippen molar-refractivity contribution in [3.8, 4) is 16.9 Å². The van der Waals surface area contributed by atoms with E-state index in [2.05, 4.69) is 22.9 Å². The van der Waals surface area contributed by atoms with Crippen molar-refractivity contribution in [2.24, 2.45) is 5.73 Å². The second kappa shape index (κ2) is 10.0. The van der Waals surface area contributed by atoms with E-state index in [1.165, 1.54) is 12.7 Å². The second-order valence-corrected chi connectivity index (χ2v) is 8.96. The lowest BCUT2D eigenvalue weighted by Gasteiger charge is -2.14. The van der Waals surface area contributed by atoms with Gasteiger partial charge in [-0.1, -0.05) is 54.6 Å². The highest BCUT2D eigenvalue weighted by Crippen LogP contribution is 2.32. The van der Waals surface area contributed by atoms with E-state index in [0.717, 1.165) is 34.0 Å². The van der Waals surface area contributed by atoms with Crippen molar-refractivity contribution in [1.82, 2.24) is 4.57 Å². The van der Waals surface area contributed by atoms with Gasteiger partial charge in [0.2, 0.25) is 0 Å². The molecular weight excluding hydrogens is 462 g/mol. The highest BCUT2D eigenvalue weighted by Gasteiger charge is 2.17. The van der Waals surface area contributed by atoms with E-state index < -0.39 is 5.97 Å². The predicted octanol–water partition coefficient (Wildman–Crippen LogP) is 5.94. The number of carboxylic acid groups (broad SMARTS) is 1. The van der Waals surface area contributed by atoms with Gasteiger partial charge in [-0.2, -0.15) is 0 Å². The third kappa shape index (κ3) is 4.82. The molecule has 5 aromatic rings. The molecular formula is C31H27N3O3. The number of nitrogens with zero attached hydrogens (tertiary/aromatic N) is 1. The number of aromatic nitrogens is 1. The van der Waals surface area contributed by atoms with Crippen molar-refractivity contribution >= 4 is 22.7 Å². The van der Waals surface area contributed by atoms with Gasteiger partial charge < -0.3 is 20.1 Å². The van der Waals surface area contributed by atoms with E-state index in [9.17, 15) is 9.90 Å². The standard InChI is InChI=1S/C31H27N3O3/c1-37-24-12-13-26(28(17-24)31(35)36)25-10-6-5-9-22(25)18-34-19-23(15-20-7-3-2-4-8-20)27-16-21(30(32)33)11-14-29(27)34/h2-14,16-17,19H,15,18H2,1H3,(H3,32,33)(H,35,36). The van der Waals surface area contributed by atoms with E-state index in [-0.39, 0.29) is 11.4 Å². The van der Waals surface area contributed by atoms with E-state index in [4.69, 9.17) is 15.9 Å². The molecule has 0 bridgehead atoms. The molecule has 1 heterocycles. The second-order valence-electron chi connectivity index (χ2n) is 8.96. The number of amidine groups is 1. The number of hydrogen-bond acceptors (Lipinski definition) is 3. The summed E-state index contributed by atoms with van der Waals surface area (Å²) in [5.74, 6) is -0.467. The molecule has 5 rings (SSSR count). The molecule has 0 radical (unpaired) electrons. The van der Waals surface area contributed by atoms with Crippen molar-refractivity contribution in [3.05, 3.63) is 125 Å². The first kappa shape index (κ1) is 23.9. The van der Waals surface area contributed by atoms with Gasteiger partial charge >= 0.3 is 5.97 Å². The lowest BCUT2D eigenvalue weighted by Crippen LogP contribution is -2.10. The number of carboxylic acids is 1. The maximum absolute atomic E-state index is 12.1. The number of hydrogen-bond donors (Lipinski definition) is 3. The Morgan fingerprint density at radius 3 is 2.41 bits per heavy atom. The quantitative estimate of drug-likeness (QED) is 0.185. The van der Waals surface area contributed by atoms with Crippen LogP contribution < -0.4 is 10.5 Å². The lowest BCUT2D eigenvalue weighted by molar-refractivity contribution is 0.0697. The van der Waals surface area contributed by atoms with Crippen LogP contribution in [0.4, 0.5) is 0 Å². The van der Waals surface area contributed by atoms with Gasteiger partial charge in [-0.15, -0.1) is 0 Å². The summed E-state index contributed by atoms with van der Waals surface area (Å²) >= 11 is 0. The zero-order valence-electron chi connectivity index (χ0n) is 20.4. The van der Waals surface area contributed by atoms with Crippen LogP contribution in [0.15, 0.2) is 97.2 Å². The summed E-state index contributed by atoms with van der Waals surface area (Å²) in [6.45, 7) is 0.548.